The summed E-state index contributed by atoms with van der Waals surface area (Å²) < 4.78 is 0. The number of carboxylic acids is 1. The minimum absolute atomic E-state index is 0.0460. The van der Waals surface area contributed by atoms with E-state index in [4.69, 9.17) is 10.8 Å². The topological polar surface area (TPSA) is 76.2 Å². The first-order valence-electron chi connectivity index (χ1n) is 4.47. The first-order valence-corrected chi connectivity index (χ1v) is 4.47. The molecule has 0 saturated heterocycles. The maximum Gasteiger partial charge on any atom is 0.354 e. The molecule has 1 aromatic rings. The quantitative estimate of drug-likeness (QED) is 0.763. The van der Waals surface area contributed by atoms with Crippen LogP contribution in [0.1, 0.15) is 35.9 Å². The van der Waals surface area contributed by atoms with E-state index in [2.05, 4.69) is 4.98 Å². The molecule has 1 atom stereocenters. The molecule has 0 aliphatic rings. The number of pyridine rings is 1. The zero-order valence-corrected chi connectivity index (χ0v) is 8.27. The Morgan fingerprint density at radius 3 is 2.50 bits per heavy atom. The zero-order valence-electron chi connectivity index (χ0n) is 8.27. The summed E-state index contributed by atoms with van der Waals surface area (Å²) in [6, 6.07) is 3.09. The van der Waals surface area contributed by atoms with Gasteiger partial charge in [-0.05, 0) is 17.5 Å². The fraction of sp³-hybridized carbons (Fsp3) is 0.400. The van der Waals surface area contributed by atoms with Crippen LogP contribution in [0.15, 0.2) is 18.3 Å². The molecule has 1 heterocycles. The van der Waals surface area contributed by atoms with Gasteiger partial charge in [-0.25, -0.2) is 9.78 Å². The van der Waals surface area contributed by atoms with Gasteiger partial charge in [0, 0.05) is 12.2 Å². The molecule has 0 spiro atoms. The van der Waals surface area contributed by atoms with E-state index in [9.17, 15) is 4.79 Å². The first kappa shape index (κ1) is 10.7. The van der Waals surface area contributed by atoms with Crippen molar-refractivity contribution in [2.45, 2.75) is 19.9 Å². The lowest BCUT2D eigenvalue weighted by atomic mass is 9.98. The Morgan fingerprint density at radius 1 is 1.50 bits per heavy atom. The molecule has 0 bridgehead atoms. The number of hydrogen-bond acceptors (Lipinski definition) is 3. The van der Waals surface area contributed by atoms with Crippen LogP contribution in [-0.2, 0) is 0 Å². The monoisotopic (exact) mass is 194 g/mol. The minimum Gasteiger partial charge on any atom is -0.477 e. The number of rotatable bonds is 3. The molecule has 14 heavy (non-hydrogen) atoms. The molecule has 0 aromatic carbocycles. The second-order valence-corrected chi connectivity index (χ2v) is 3.55. The van der Waals surface area contributed by atoms with Crippen LogP contribution in [0.3, 0.4) is 0 Å². The molecule has 1 aromatic heterocycles. The molecule has 76 valence electrons. The van der Waals surface area contributed by atoms with Crippen molar-refractivity contribution >= 4 is 5.97 Å². The Kier molecular flexibility index (Phi) is 3.19. The predicted molar refractivity (Wildman–Crippen MR) is 53.0 cm³/mol. The summed E-state index contributed by atoms with van der Waals surface area (Å²) in [4.78, 5) is 14.3. The van der Waals surface area contributed by atoms with Gasteiger partial charge in [-0.3, -0.25) is 0 Å². The van der Waals surface area contributed by atoms with Gasteiger partial charge in [-0.1, -0.05) is 19.9 Å². The van der Waals surface area contributed by atoms with Crippen molar-refractivity contribution in [3.63, 3.8) is 0 Å². The standard InChI is InChI=1S/C10H14N2O2/c1-6(2)9(11)7-3-4-8(10(13)14)12-5-7/h3-6,9H,11H2,1-2H3,(H,13,14). The molecule has 0 radical (unpaired) electrons. The van der Waals surface area contributed by atoms with E-state index in [1.165, 1.54) is 12.3 Å². The highest BCUT2D eigenvalue weighted by Crippen LogP contribution is 2.17. The van der Waals surface area contributed by atoms with Gasteiger partial charge in [0.1, 0.15) is 5.69 Å². The predicted octanol–water partition coefficient (Wildman–Crippen LogP) is 1.44. The average molecular weight is 194 g/mol. The van der Waals surface area contributed by atoms with Gasteiger partial charge in [0.2, 0.25) is 0 Å². The first-order chi connectivity index (χ1) is 6.52. The maximum atomic E-state index is 10.5. The van der Waals surface area contributed by atoms with E-state index in [1.54, 1.807) is 6.07 Å². The van der Waals surface area contributed by atoms with Gasteiger partial charge in [0.15, 0.2) is 0 Å². The Morgan fingerprint density at radius 2 is 2.14 bits per heavy atom. The highest BCUT2D eigenvalue weighted by Gasteiger charge is 2.11. The summed E-state index contributed by atoms with van der Waals surface area (Å²) in [7, 11) is 0. The van der Waals surface area contributed by atoms with Crippen molar-refractivity contribution in [3.8, 4) is 0 Å². The zero-order chi connectivity index (χ0) is 10.7. The van der Waals surface area contributed by atoms with E-state index < -0.39 is 5.97 Å². The van der Waals surface area contributed by atoms with Crippen molar-refractivity contribution in [3.05, 3.63) is 29.6 Å². The summed E-state index contributed by atoms with van der Waals surface area (Å²) in [5.41, 5.74) is 6.79. The van der Waals surface area contributed by atoms with Crippen molar-refractivity contribution in [2.24, 2.45) is 11.7 Å². The SMILES string of the molecule is CC(C)C(N)c1ccc(C(=O)O)nc1. The summed E-state index contributed by atoms with van der Waals surface area (Å²) in [6.07, 6.45) is 1.52. The average Bonchev–Trinajstić information content (AvgIpc) is 2.16. The van der Waals surface area contributed by atoms with E-state index in [0.29, 0.717) is 5.92 Å². The molecule has 1 unspecified atom stereocenters. The van der Waals surface area contributed by atoms with Crippen LogP contribution in [0.25, 0.3) is 0 Å². The third kappa shape index (κ3) is 2.29. The summed E-state index contributed by atoms with van der Waals surface area (Å²) in [5, 5.41) is 8.63. The molecule has 1 rings (SSSR count). The molecule has 0 fully saturated rings. The van der Waals surface area contributed by atoms with Gasteiger partial charge in [0.25, 0.3) is 0 Å². The van der Waals surface area contributed by atoms with Crippen molar-refractivity contribution in [2.75, 3.05) is 0 Å². The van der Waals surface area contributed by atoms with E-state index in [0.717, 1.165) is 5.56 Å². The fourth-order valence-corrected chi connectivity index (χ4v) is 1.11. The highest BCUT2D eigenvalue weighted by molar-refractivity contribution is 5.85. The van der Waals surface area contributed by atoms with E-state index >= 15 is 0 Å². The van der Waals surface area contributed by atoms with Gasteiger partial charge >= 0.3 is 5.97 Å². The van der Waals surface area contributed by atoms with Crippen LogP contribution >= 0.6 is 0 Å². The summed E-state index contributed by atoms with van der Waals surface area (Å²) in [6.45, 7) is 4.02. The van der Waals surface area contributed by atoms with E-state index in [1.807, 2.05) is 13.8 Å². The maximum absolute atomic E-state index is 10.5. The van der Waals surface area contributed by atoms with Crippen LogP contribution in [-0.4, -0.2) is 16.1 Å². The summed E-state index contributed by atoms with van der Waals surface area (Å²) in [5.74, 6) is -0.706. The van der Waals surface area contributed by atoms with Crippen molar-refractivity contribution in [1.82, 2.24) is 4.98 Å². The van der Waals surface area contributed by atoms with Crippen LogP contribution in [0, 0.1) is 5.92 Å². The molecule has 3 N–H and O–H groups in total. The molecule has 0 aliphatic carbocycles. The molecular weight excluding hydrogens is 180 g/mol. The highest BCUT2D eigenvalue weighted by atomic mass is 16.4. The van der Waals surface area contributed by atoms with Gasteiger partial charge in [0.05, 0.1) is 0 Å². The molecule has 0 aliphatic heterocycles. The molecule has 0 amide bonds. The third-order valence-corrected chi connectivity index (χ3v) is 2.11. The summed E-state index contributed by atoms with van der Waals surface area (Å²) >= 11 is 0. The molecular formula is C10H14N2O2. The minimum atomic E-state index is -1.02. The second kappa shape index (κ2) is 4.19. The number of nitrogens with zero attached hydrogens (tertiary/aromatic N) is 1. The number of aromatic nitrogens is 1. The van der Waals surface area contributed by atoms with Gasteiger partial charge < -0.3 is 10.8 Å². The molecule has 4 nitrogen and oxygen atoms in total. The number of aromatic carboxylic acids is 1. The Bertz CT molecular complexity index is 319. The van der Waals surface area contributed by atoms with Gasteiger partial charge in [-0.2, -0.15) is 0 Å². The smallest absolute Gasteiger partial charge is 0.354 e. The third-order valence-electron chi connectivity index (χ3n) is 2.11. The lowest BCUT2D eigenvalue weighted by Crippen LogP contribution is -2.17. The Labute approximate surface area is 82.8 Å². The van der Waals surface area contributed by atoms with Gasteiger partial charge in [-0.15, -0.1) is 0 Å². The van der Waals surface area contributed by atoms with Crippen molar-refractivity contribution < 1.29 is 9.90 Å². The van der Waals surface area contributed by atoms with Crippen LogP contribution in [0.2, 0.25) is 0 Å². The lowest BCUT2D eigenvalue weighted by molar-refractivity contribution is 0.0690. The van der Waals surface area contributed by atoms with Crippen molar-refractivity contribution in [1.29, 1.82) is 0 Å². The van der Waals surface area contributed by atoms with E-state index in [-0.39, 0.29) is 11.7 Å². The largest absolute Gasteiger partial charge is 0.477 e. The molecule has 0 saturated carbocycles. The van der Waals surface area contributed by atoms with Crippen LogP contribution in [0.5, 0.6) is 0 Å². The molecule has 4 heteroatoms. The Balaban J connectivity index is 2.88. The Hall–Kier alpha value is -1.42. The van der Waals surface area contributed by atoms with Crippen LogP contribution < -0.4 is 5.73 Å². The van der Waals surface area contributed by atoms with Crippen LogP contribution in [0.4, 0.5) is 0 Å². The number of hydrogen-bond donors (Lipinski definition) is 2. The second-order valence-electron chi connectivity index (χ2n) is 3.55. The number of nitrogens with two attached hydrogens (primary N) is 1. The number of carbonyl (C=O) groups is 1. The lowest BCUT2D eigenvalue weighted by Gasteiger charge is -2.15. The number of carboxylic acid groups (broad SMARTS) is 1. The normalized spacial score (nSPS) is 12.9. The fourth-order valence-electron chi connectivity index (χ4n) is 1.11.